The van der Waals surface area contributed by atoms with Crippen LogP contribution in [0.4, 0.5) is 5.69 Å². The van der Waals surface area contributed by atoms with Gasteiger partial charge in [0.15, 0.2) is 0 Å². The number of carbonyl (C=O) groups excluding carboxylic acids is 1. The van der Waals surface area contributed by atoms with Gasteiger partial charge in [0.05, 0.1) is 18.9 Å². The lowest BCUT2D eigenvalue weighted by atomic mass is 9.66. The second-order valence-corrected chi connectivity index (χ2v) is 7.87. The molecule has 5 nitrogen and oxygen atoms in total. The number of carboxylic acids is 1. The minimum atomic E-state index is -0.987. The Morgan fingerprint density at radius 1 is 0.750 bits per heavy atom. The molecular formula is C27H25NO4. The molecule has 1 aliphatic carbocycles. The van der Waals surface area contributed by atoms with Crippen molar-refractivity contribution in [1.29, 1.82) is 0 Å². The smallest absolute Gasteiger partial charge is 0.308 e. The number of ether oxygens (including phenoxy) is 1. The molecule has 0 heterocycles. The number of methoxy groups -OCH3 is 1. The Labute approximate surface area is 187 Å². The number of hydrogen-bond acceptors (Lipinski definition) is 3. The van der Waals surface area contributed by atoms with E-state index in [1.54, 1.807) is 31.4 Å². The SMILES string of the molecule is COc1ccc(NC(=O)[C@H]2[C@@H](C(=O)O)[C@H](c3ccccc3)C=C[C@H]2c2ccccc2)cc1. The van der Waals surface area contributed by atoms with Crippen molar-refractivity contribution in [2.45, 2.75) is 11.8 Å². The highest BCUT2D eigenvalue weighted by atomic mass is 16.5. The van der Waals surface area contributed by atoms with Crippen molar-refractivity contribution in [2.24, 2.45) is 11.8 Å². The third-order valence-electron chi connectivity index (χ3n) is 6.00. The summed E-state index contributed by atoms with van der Waals surface area (Å²) in [5.41, 5.74) is 2.39. The zero-order valence-corrected chi connectivity index (χ0v) is 17.7. The summed E-state index contributed by atoms with van der Waals surface area (Å²) in [6.45, 7) is 0. The number of benzene rings is 3. The average molecular weight is 428 g/mol. The number of hydrogen-bond donors (Lipinski definition) is 2. The average Bonchev–Trinajstić information content (AvgIpc) is 2.84. The third kappa shape index (κ3) is 4.42. The van der Waals surface area contributed by atoms with Crippen molar-refractivity contribution < 1.29 is 19.4 Å². The Kier molecular flexibility index (Phi) is 6.36. The predicted octanol–water partition coefficient (Wildman–Crippen LogP) is 5.09. The van der Waals surface area contributed by atoms with Crippen molar-refractivity contribution in [2.75, 3.05) is 12.4 Å². The molecule has 1 amide bonds. The third-order valence-corrected chi connectivity index (χ3v) is 6.00. The monoisotopic (exact) mass is 427 g/mol. The van der Waals surface area contributed by atoms with E-state index in [1.165, 1.54) is 0 Å². The van der Waals surface area contributed by atoms with E-state index >= 15 is 0 Å². The zero-order valence-electron chi connectivity index (χ0n) is 17.7. The Morgan fingerprint density at radius 2 is 1.25 bits per heavy atom. The van der Waals surface area contributed by atoms with E-state index in [2.05, 4.69) is 5.32 Å². The van der Waals surface area contributed by atoms with Crippen LogP contribution in [0.1, 0.15) is 23.0 Å². The first-order valence-electron chi connectivity index (χ1n) is 10.5. The lowest BCUT2D eigenvalue weighted by molar-refractivity contribution is -0.147. The van der Waals surface area contributed by atoms with Gasteiger partial charge in [-0.2, -0.15) is 0 Å². The number of carbonyl (C=O) groups is 2. The summed E-state index contributed by atoms with van der Waals surface area (Å²) in [6.07, 6.45) is 3.91. The fourth-order valence-electron chi connectivity index (χ4n) is 4.45. The predicted molar refractivity (Wildman–Crippen MR) is 124 cm³/mol. The van der Waals surface area contributed by atoms with Crippen LogP contribution in [0, 0.1) is 11.8 Å². The summed E-state index contributed by atoms with van der Waals surface area (Å²) in [6, 6.07) is 26.1. The van der Waals surface area contributed by atoms with Crippen molar-refractivity contribution >= 4 is 17.6 Å². The van der Waals surface area contributed by atoms with Gasteiger partial charge in [-0.3, -0.25) is 9.59 Å². The molecule has 1 aliphatic rings. The highest BCUT2D eigenvalue weighted by Crippen LogP contribution is 2.45. The molecule has 0 unspecified atom stereocenters. The van der Waals surface area contributed by atoms with Crippen molar-refractivity contribution in [1.82, 2.24) is 0 Å². The summed E-state index contributed by atoms with van der Waals surface area (Å²) >= 11 is 0. The van der Waals surface area contributed by atoms with Crippen molar-refractivity contribution in [3.05, 3.63) is 108 Å². The van der Waals surface area contributed by atoms with Crippen LogP contribution in [-0.4, -0.2) is 24.1 Å². The highest BCUT2D eigenvalue weighted by molar-refractivity contribution is 5.96. The fraction of sp³-hybridized carbons (Fsp3) is 0.185. The van der Waals surface area contributed by atoms with Crippen LogP contribution in [0.15, 0.2) is 97.1 Å². The number of amides is 1. The standard InChI is InChI=1S/C27H25NO4/c1-32-21-14-12-20(13-15-21)28-26(29)24-22(18-8-4-2-5-9-18)16-17-23(25(24)27(30)31)19-10-6-3-7-11-19/h2-17,22-25H,1H3,(H,28,29)(H,30,31)/t22-,23-,24+,25-/m0/s1. The molecular weight excluding hydrogens is 402 g/mol. The molecule has 5 heteroatoms. The van der Waals surface area contributed by atoms with Crippen LogP contribution in [-0.2, 0) is 9.59 Å². The minimum Gasteiger partial charge on any atom is -0.497 e. The van der Waals surface area contributed by atoms with Gasteiger partial charge in [-0.25, -0.2) is 0 Å². The molecule has 0 spiro atoms. The van der Waals surface area contributed by atoms with Gasteiger partial charge in [-0.05, 0) is 35.4 Å². The first-order valence-corrected chi connectivity index (χ1v) is 10.5. The Bertz CT molecular complexity index is 1090. The molecule has 32 heavy (non-hydrogen) atoms. The van der Waals surface area contributed by atoms with Gasteiger partial charge < -0.3 is 15.2 Å². The molecule has 3 aromatic carbocycles. The molecule has 2 N–H and O–H groups in total. The lowest BCUT2D eigenvalue weighted by Gasteiger charge is -2.37. The maximum Gasteiger partial charge on any atom is 0.308 e. The molecule has 0 saturated carbocycles. The lowest BCUT2D eigenvalue weighted by Crippen LogP contribution is -2.42. The maximum absolute atomic E-state index is 13.6. The van der Waals surface area contributed by atoms with Crippen LogP contribution in [0.5, 0.6) is 5.75 Å². The summed E-state index contributed by atoms with van der Waals surface area (Å²) in [5.74, 6) is -3.08. The zero-order chi connectivity index (χ0) is 22.5. The van der Waals surface area contributed by atoms with Crippen LogP contribution < -0.4 is 10.1 Å². The molecule has 0 radical (unpaired) electrons. The Morgan fingerprint density at radius 3 is 1.72 bits per heavy atom. The molecule has 0 fully saturated rings. The second-order valence-electron chi connectivity index (χ2n) is 7.87. The van der Waals surface area contributed by atoms with E-state index in [0.717, 1.165) is 11.1 Å². The number of rotatable bonds is 6. The van der Waals surface area contributed by atoms with Crippen molar-refractivity contribution in [3.8, 4) is 5.75 Å². The maximum atomic E-state index is 13.6. The van der Waals surface area contributed by atoms with Gasteiger partial charge >= 0.3 is 5.97 Å². The summed E-state index contributed by atoms with van der Waals surface area (Å²) in [5, 5.41) is 13.2. The first-order chi connectivity index (χ1) is 15.6. The normalized spacial score (nSPS) is 22.2. The van der Waals surface area contributed by atoms with Crippen LogP contribution in [0.25, 0.3) is 0 Å². The molecule has 3 aromatic rings. The van der Waals surface area contributed by atoms with E-state index < -0.39 is 23.7 Å². The fourth-order valence-corrected chi connectivity index (χ4v) is 4.45. The largest absolute Gasteiger partial charge is 0.497 e. The quantitative estimate of drug-likeness (QED) is 0.538. The van der Waals surface area contributed by atoms with Gasteiger partial charge in [0, 0.05) is 17.5 Å². The van der Waals surface area contributed by atoms with E-state index in [0.29, 0.717) is 11.4 Å². The van der Waals surface area contributed by atoms with E-state index in [4.69, 9.17) is 4.74 Å². The van der Waals surface area contributed by atoms with Gasteiger partial charge in [-0.1, -0.05) is 72.8 Å². The topological polar surface area (TPSA) is 75.6 Å². The number of anilines is 1. The number of aliphatic carboxylic acids is 1. The molecule has 0 aromatic heterocycles. The summed E-state index contributed by atoms with van der Waals surface area (Å²) < 4.78 is 5.18. The van der Waals surface area contributed by atoms with Crippen LogP contribution in [0.3, 0.4) is 0 Å². The van der Waals surface area contributed by atoms with Gasteiger partial charge in [0.25, 0.3) is 0 Å². The summed E-state index contributed by atoms with van der Waals surface area (Å²) in [4.78, 5) is 26.1. The molecule has 0 saturated heterocycles. The first kappa shape index (κ1) is 21.4. The van der Waals surface area contributed by atoms with E-state index in [1.807, 2.05) is 72.8 Å². The summed E-state index contributed by atoms with van der Waals surface area (Å²) in [7, 11) is 1.58. The van der Waals surface area contributed by atoms with E-state index in [-0.39, 0.29) is 11.8 Å². The Balaban J connectivity index is 1.74. The minimum absolute atomic E-state index is 0.318. The van der Waals surface area contributed by atoms with Crippen molar-refractivity contribution in [3.63, 3.8) is 0 Å². The molecule has 4 rings (SSSR count). The van der Waals surface area contributed by atoms with Gasteiger partial charge in [-0.15, -0.1) is 0 Å². The molecule has 4 atom stereocenters. The van der Waals surface area contributed by atoms with Gasteiger partial charge in [0.1, 0.15) is 5.75 Å². The second kappa shape index (κ2) is 9.52. The Hall–Kier alpha value is -3.86. The molecule has 162 valence electrons. The number of nitrogens with one attached hydrogen (secondary N) is 1. The van der Waals surface area contributed by atoms with E-state index in [9.17, 15) is 14.7 Å². The number of carboxylic acid groups (broad SMARTS) is 1. The highest BCUT2D eigenvalue weighted by Gasteiger charge is 2.46. The van der Waals surface area contributed by atoms with Gasteiger partial charge in [0.2, 0.25) is 5.91 Å². The molecule has 0 aliphatic heterocycles. The van der Waals surface area contributed by atoms with Crippen LogP contribution >= 0.6 is 0 Å². The molecule has 0 bridgehead atoms. The van der Waals surface area contributed by atoms with Crippen LogP contribution in [0.2, 0.25) is 0 Å². The number of allylic oxidation sites excluding steroid dienone is 2.